The number of carbonyl (C=O) groups excluding carboxylic acids is 1. The second-order valence-electron chi connectivity index (χ2n) is 6.49. The zero-order valence-electron chi connectivity index (χ0n) is 14.0. The third kappa shape index (κ3) is 2.44. The molecule has 0 saturated carbocycles. The summed E-state index contributed by atoms with van der Waals surface area (Å²) in [5.74, 6) is -0.0593. The van der Waals surface area contributed by atoms with Crippen LogP contribution in [0.5, 0.6) is 0 Å². The van der Waals surface area contributed by atoms with Crippen LogP contribution < -0.4 is 10.2 Å². The summed E-state index contributed by atoms with van der Waals surface area (Å²) in [7, 11) is 4.11. The van der Waals surface area contributed by atoms with Gasteiger partial charge in [-0.05, 0) is 54.8 Å². The number of benzene rings is 2. The Labute approximate surface area is 141 Å². The van der Waals surface area contributed by atoms with Crippen molar-refractivity contribution < 1.29 is 4.79 Å². The van der Waals surface area contributed by atoms with Crippen molar-refractivity contribution in [3.63, 3.8) is 0 Å². The predicted molar refractivity (Wildman–Crippen MR) is 98.9 cm³/mol. The van der Waals surface area contributed by atoms with Crippen molar-refractivity contribution in [2.24, 2.45) is 7.05 Å². The number of rotatable bonds is 2. The zero-order chi connectivity index (χ0) is 16.7. The van der Waals surface area contributed by atoms with Gasteiger partial charge in [-0.15, -0.1) is 0 Å². The van der Waals surface area contributed by atoms with Crippen molar-refractivity contribution in [2.75, 3.05) is 23.8 Å². The summed E-state index contributed by atoms with van der Waals surface area (Å²) in [6.07, 6.45) is 4.21. The van der Waals surface area contributed by atoms with Gasteiger partial charge >= 0.3 is 0 Å². The Morgan fingerprint density at radius 1 is 1.12 bits per heavy atom. The summed E-state index contributed by atoms with van der Waals surface area (Å²) in [6, 6.07) is 14.0. The van der Waals surface area contributed by atoms with Crippen LogP contribution in [0.25, 0.3) is 10.9 Å². The molecule has 4 heteroatoms. The fraction of sp³-hybridized carbons (Fsp3) is 0.250. The second-order valence-corrected chi connectivity index (χ2v) is 6.49. The second kappa shape index (κ2) is 5.71. The van der Waals surface area contributed by atoms with Crippen molar-refractivity contribution in [3.8, 4) is 0 Å². The molecular formula is C20H21N3O. The Morgan fingerprint density at radius 3 is 2.88 bits per heavy atom. The van der Waals surface area contributed by atoms with E-state index in [1.165, 1.54) is 11.3 Å². The highest BCUT2D eigenvalue weighted by molar-refractivity contribution is 6.12. The monoisotopic (exact) mass is 319 g/mol. The molecule has 0 bridgehead atoms. The van der Waals surface area contributed by atoms with Gasteiger partial charge in [0.15, 0.2) is 0 Å². The quantitative estimate of drug-likeness (QED) is 0.780. The fourth-order valence-electron chi connectivity index (χ4n) is 3.56. The van der Waals surface area contributed by atoms with Crippen LogP contribution in [0.1, 0.15) is 22.3 Å². The van der Waals surface area contributed by atoms with Gasteiger partial charge < -0.3 is 14.8 Å². The van der Waals surface area contributed by atoms with Crippen molar-refractivity contribution in [2.45, 2.75) is 12.8 Å². The minimum absolute atomic E-state index is 0.0593. The van der Waals surface area contributed by atoms with E-state index in [2.05, 4.69) is 29.4 Å². The van der Waals surface area contributed by atoms with Crippen molar-refractivity contribution in [3.05, 3.63) is 59.8 Å². The summed E-state index contributed by atoms with van der Waals surface area (Å²) in [4.78, 5) is 15.0. The molecule has 0 unspecified atom stereocenters. The maximum Gasteiger partial charge on any atom is 0.256 e. The molecule has 122 valence electrons. The lowest BCUT2D eigenvalue weighted by atomic mass is 10.0. The molecule has 0 atom stereocenters. The van der Waals surface area contributed by atoms with E-state index in [4.69, 9.17) is 0 Å². The Balaban J connectivity index is 1.64. The first kappa shape index (κ1) is 14.8. The predicted octanol–water partition coefficient (Wildman–Crippen LogP) is 3.81. The lowest BCUT2D eigenvalue weighted by Crippen LogP contribution is -2.24. The molecule has 0 radical (unpaired) electrons. The highest BCUT2D eigenvalue weighted by atomic mass is 16.1. The maximum absolute atomic E-state index is 12.7. The first-order valence-corrected chi connectivity index (χ1v) is 8.33. The van der Waals surface area contributed by atoms with E-state index in [9.17, 15) is 4.79 Å². The van der Waals surface area contributed by atoms with Crippen LogP contribution in [0.15, 0.2) is 48.7 Å². The van der Waals surface area contributed by atoms with Gasteiger partial charge in [0, 0.05) is 54.7 Å². The topological polar surface area (TPSA) is 37.3 Å². The molecule has 4 rings (SSSR count). The SMILES string of the molecule is CN1CCCc2cc(NC(=O)c3cccc4c3ccn4C)ccc21. The number of aryl methyl sites for hydroxylation is 2. The van der Waals surface area contributed by atoms with Gasteiger partial charge in [0.25, 0.3) is 5.91 Å². The molecule has 1 N–H and O–H groups in total. The minimum atomic E-state index is -0.0593. The number of nitrogens with zero attached hydrogens (tertiary/aromatic N) is 2. The van der Waals surface area contributed by atoms with Crippen LogP contribution in [-0.4, -0.2) is 24.1 Å². The van der Waals surface area contributed by atoms with Crippen molar-refractivity contribution in [1.82, 2.24) is 4.57 Å². The molecule has 0 aliphatic carbocycles. The highest BCUT2D eigenvalue weighted by Crippen LogP contribution is 2.29. The van der Waals surface area contributed by atoms with E-state index in [1.807, 2.05) is 48.1 Å². The molecule has 1 aliphatic heterocycles. The van der Waals surface area contributed by atoms with E-state index in [-0.39, 0.29) is 5.91 Å². The largest absolute Gasteiger partial charge is 0.374 e. The van der Waals surface area contributed by atoms with Gasteiger partial charge in [0.2, 0.25) is 0 Å². The molecule has 4 nitrogen and oxygen atoms in total. The molecule has 2 aromatic carbocycles. The molecule has 3 aromatic rings. The van der Waals surface area contributed by atoms with Gasteiger partial charge in [-0.2, -0.15) is 0 Å². The number of aromatic nitrogens is 1. The van der Waals surface area contributed by atoms with E-state index in [0.29, 0.717) is 5.56 Å². The molecule has 0 saturated heterocycles. The lowest BCUT2D eigenvalue weighted by Gasteiger charge is -2.27. The van der Waals surface area contributed by atoms with Crippen LogP contribution >= 0.6 is 0 Å². The van der Waals surface area contributed by atoms with E-state index in [0.717, 1.165) is 36.0 Å². The smallest absolute Gasteiger partial charge is 0.256 e. The number of carbonyl (C=O) groups is 1. The molecule has 0 fully saturated rings. The molecule has 2 heterocycles. The number of hydrogen-bond donors (Lipinski definition) is 1. The van der Waals surface area contributed by atoms with Gasteiger partial charge in [-0.25, -0.2) is 0 Å². The summed E-state index contributed by atoms with van der Waals surface area (Å²) < 4.78 is 2.03. The molecule has 0 spiro atoms. The van der Waals surface area contributed by atoms with Crippen LogP contribution in [0.2, 0.25) is 0 Å². The van der Waals surface area contributed by atoms with Crippen LogP contribution in [0, 0.1) is 0 Å². The van der Waals surface area contributed by atoms with Gasteiger partial charge in [-0.3, -0.25) is 4.79 Å². The molecule has 1 aliphatic rings. The first-order valence-electron chi connectivity index (χ1n) is 8.33. The third-order valence-electron chi connectivity index (χ3n) is 4.86. The Bertz CT molecular complexity index is 926. The van der Waals surface area contributed by atoms with E-state index < -0.39 is 0 Å². The molecular weight excluding hydrogens is 298 g/mol. The molecule has 24 heavy (non-hydrogen) atoms. The van der Waals surface area contributed by atoms with Crippen molar-refractivity contribution in [1.29, 1.82) is 0 Å². The van der Waals surface area contributed by atoms with Gasteiger partial charge in [0.1, 0.15) is 0 Å². The van der Waals surface area contributed by atoms with Crippen molar-refractivity contribution >= 4 is 28.2 Å². The number of hydrogen-bond acceptors (Lipinski definition) is 2. The Kier molecular flexibility index (Phi) is 3.53. The zero-order valence-corrected chi connectivity index (χ0v) is 14.0. The number of fused-ring (bicyclic) bond motifs is 2. The third-order valence-corrected chi connectivity index (χ3v) is 4.86. The fourth-order valence-corrected chi connectivity index (χ4v) is 3.56. The van der Waals surface area contributed by atoms with Gasteiger partial charge in [-0.1, -0.05) is 6.07 Å². The summed E-state index contributed by atoms with van der Waals surface area (Å²) >= 11 is 0. The standard InChI is InChI=1S/C20H21N3O/c1-22-11-4-5-14-13-15(8-9-18(14)22)21-20(24)17-6-3-7-19-16(17)10-12-23(19)2/h3,6-10,12-13H,4-5,11H2,1-2H3,(H,21,24). The minimum Gasteiger partial charge on any atom is -0.374 e. The van der Waals surface area contributed by atoms with E-state index in [1.54, 1.807) is 0 Å². The van der Waals surface area contributed by atoms with Crippen LogP contribution in [0.3, 0.4) is 0 Å². The molecule has 1 aromatic heterocycles. The number of amides is 1. The lowest BCUT2D eigenvalue weighted by molar-refractivity contribution is 0.102. The summed E-state index contributed by atoms with van der Waals surface area (Å²) in [5.41, 5.74) is 5.21. The van der Waals surface area contributed by atoms with Gasteiger partial charge in [0.05, 0.1) is 0 Å². The Morgan fingerprint density at radius 2 is 2.00 bits per heavy atom. The normalized spacial score (nSPS) is 13.8. The average Bonchev–Trinajstić information content (AvgIpc) is 2.96. The summed E-state index contributed by atoms with van der Waals surface area (Å²) in [6.45, 7) is 1.09. The molecule has 1 amide bonds. The maximum atomic E-state index is 12.7. The summed E-state index contributed by atoms with van der Waals surface area (Å²) in [5, 5.41) is 4.04. The van der Waals surface area contributed by atoms with Crippen LogP contribution in [0.4, 0.5) is 11.4 Å². The highest BCUT2D eigenvalue weighted by Gasteiger charge is 2.16. The van der Waals surface area contributed by atoms with Crippen LogP contribution in [-0.2, 0) is 13.5 Å². The number of nitrogens with one attached hydrogen (secondary N) is 1. The average molecular weight is 319 g/mol. The Hall–Kier alpha value is -2.75. The number of anilines is 2. The first-order chi connectivity index (χ1) is 11.6. The van der Waals surface area contributed by atoms with E-state index >= 15 is 0 Å².